The fourth-order valence-corrected chi connectivity index (χ4v) is 4.85. The number of aliphatic hydroxyl groups excluding tert-OH is 7. The second kappa shape index (κ2) is 12.3. The van der Waals surface area contributed by atoms with E-state index >= 15 is 0 Å². The molecule has 11 N–H and O–H groups in total. The van der Waals surface area contributed by atoms with Gasteiger partial charge in [-0.1, -0.05) is 0 Å². The summed E-state index contributed by atoms with van der Waals surface area (Å²) in [5, 5.41) is 111. The molecule has 2 saturated heterocycles. The van der Waals surface area contributed by atoms with Crippen LogP contribution in [-0.2, 0) is 14.2 Å². The Hall–Kier alpha value is -3.75. The number of hydrogen-bond donors (Lipinski definition) is 11. The number of ether oxygens (including phenoxy) is 4. The second-order valence-electron chi connectivity index (χ2n) is 10.3. The van der Waals surface area contributed by atoms with Crippen molar-refractivity contribution in [1.29, 1.82) is 0 Å². The third-order valence-corrected chi connectivity index (χ3v) is 7.38. The first-order valence-corrected chi connectivity index (χ1v) is 13.2. The average Bonchev–Trinajstić information content (AvgIpc) is 2.99. The number of aliphatic hydroxyl groups is 7. The molecule has 0 amide bonds. The van der Waals surface area contributed by atoms with E-state index in [1.807, 2.05) is 0 Å². The summed E-state index contributed by atoms with van der Waals surface area (Å²) in [5.41, 5.74) is -0.954. The van der Waals surface area contributed by atoms with Crippen LogP contribution in [0.1, 0.15) is 0 Å². The Kier molecular flexibility index (Phi) is 8.87. The second-order valence-corrected chi connectivity index (χ2v) is 10.3. The van der Waals surface area contributed by atoms with Gasteiger partial charge in [-0.3, -0.25) is 4.79 Å². The Morgan fingerprint density at radius 3 is 2.00 bits per heavy atom. The van der Waals surface area contributed by atoms with Crippen LogP contribution in [0.5, 0.6) is 28.7 Å². The van der Waals surface area contributed by atoms with Gasteiger partial charge in [-0.25, -0.2) is 0 Å². The van der Waals surface area contributed by atoms with Crippen molar-refractivity contribution in [3.05, 3.63) is 40.6 Å². The fourth-order valence-electron chi connectivity index (χ4n) is 4.85. The van der Waals surface area contributed by atoms with Crippen molar-refractivity contribution in [3.8, 4) is 40.1 Å². The van der Waals surface area contributed by atoms with E-state index in [1.54, 1.807) is 0 Å². The smallest absolute Gasteiger partial charge is 0.229 e. The summed E-state index contributed by atoms with van der Waals surface area (Å²) in [4.78, 5) is 12.8. The molecule has 5 rings (SSSR count). The third kappa shape index (κ3) is 5.73. The van der Waals surface area contributed by atoms with Crippen LogP contribution in [0, 0.1) is 0 Å². The van der Waals surface area contributed by atoms with Crippen LogP contribution in [0.4, 0.5) is 0 Å². The van der Waals surface area contributed by atoms with Crippen LogP contribution < -0.4 is 10.2 Å². The molecule has 0 unspecified atom stereocenters. The van der Waals surface area contributed by atoms with Crippen molar-refractivity contribution in [3.63, 3.8) is 0 Å². The minimum Gasteiger partial charge on any atom is -0.504 e. The first-order chi connectivity index (χ1) is 20.8. The Bertz CT molecular complexity index is 1560. The molecule has 0 saturated carbocycles. The van der Waals surface area contributed by atoms with E-state index in [0.717, 1.165) is 24.3 Å². The van der Waals surface area contributed by atoms with Crippen LogP contribution in [0.2, 0.25) is 0 Å². The number of phenolic OH excluding ortho intramolecular Hbond substituents is 4. The molecule has 44 heavy (non-hydrogen) atoms. The molecule has 17 nitrogen and oxygen atoms in total. The van der Waals surface area contributed by atoms with E-state index in [1.165, 1.54) is 6.07 Å². The number of aromatic hydroxyl groups is 4. The van der Waals surface area contributed by atoms with Crippen LogP contribution in [0.15, 0.2) is 39.5 Å². The lowest BCUT2D eigenvalue weighted by molar-refractivity contribution is -0.323. The number of benzene rings is 2. The normalized spacial score (nSPS) is 32.5. The molecular formula is C27H30O17. The van der Waals surface area contributed by atoms with Gasteiger partial charge in [-0.2, -0.15) is 0 Å². The molecule has 240 valence electrons. The van der Waals surface area contributed by atoms with Crippen molar-refractivity contribution in [2.45, 2.75) is 61.4 Å². The summed E-state index contributed by atoms with van der Waals surface area (Å²) in [7, 11) is 0. The molecule has 3 aromatic rings. The van der Waals surface area contributed by atoms with Gasteiger partial charge >= 0.3 is 0 Å². The predicted molar refractivity (Wildman–Crippen MR) is 142 cm³/mol. The van der Waals surface area contributed by atoms with E-state index < -0.39 is 114 Å². The summed E-state index contributed by atoms with van der Waals surface area (Å²) in [5.74, 6) is -3.55. The average molecular weight is 627 g/mol. The van der Waals surface area contributed by atoms with Crippen molar-refractivity contribution >= 4 is 11.0 Å². The van der Waals surface area contributed by atoms with Crippen molar-refractivity contribution in [2.24, 2.45) is 0 Å². The fraction of sp³-hybridized carbons (Fsp3) is 0.444. The Morgan fingerprint density at radius 1 is 0.705 bits per heavy atom. The molecule has 2 fully saturated rings. The highest BCUT2D eigenvalue weighted by molar-refractivity contribution is 5.89. The van der Waals surface area contributed by atoms with E-state index in [0.29, 0.717) is 0 Å². The molecule has 2 aliphatic rings. The van der Waals surface area contributed by atoms with Gasteiger partial charge in [-0.05, 0) is 18.2 Å². The molecular weight excluding hydrogens is 596 g/mol. The summed E-state index contributed by atoms with van der Waals surface area (Å²) in [6, 6.07) is 5.55. The Morgan fingerprint density at radius 2 is 1.34 bits per heavy atom. The quantitative estimate of drug-likeness (QED) is 0.119. The van der Waals surface area contributed by atoms with E-state index in [2.05, 4.69) is 0 Å². The molecule has 0 aliphatic carbocycles. The maximum absolute atomic E-state index is 12.8. The zero-order chi connectivity index (χ0) is 32.0. The predicted octanol–water partition coefficient (Wildman–Crippen LogP) is -2.71. The monoisotopic (exact) mass is 626 g/mol. The van der Waals surface area contributed by atoms with Crippen LogP contribution in [0.25, 0.3) is 22.3 Å². The molecule has 17 heteroatoms. The van der Waals surface area contributed by atoms with Gasteiger partial charge in [0.1, 0.15) is 65.6 Å². The topological polar surface area (TPSA) is 290 Å². The molecule has 2 aromatic carbocycles. The molecule has 1 aromatic heterocycles. The van der Waals surface area contributed by atoms with Gasteiger partial charge < -0.3 is 79.5 Å². The lowest BCUT2D eigenvalue weighted by Gasteiger charge is -2.42. The van der Waals surface area contributed by atoms with Crippen molar-refractivity contribution in [2.75, 3.05) is 13.2 Å². The third-order valence-electron chi connectivity index (χ3n) is 7.38. The van der Waals surface area contributed by atoms with Crippen LogP contribution >= 0.6 is 0 Å². The summed E-state index contributed by atoms with van der Waals surface area (Å²) >= 11 is 0. The molecule has 3 heterocycles. The summed E-state index contributed by atoms with van der Waals surface area (Å²) in [6.07, 6.45) is -17.1. The van der Waals surface area contributed by atoms with E-state index in [9.17, 15) is 61.0 Å². The highest BCUT2D eigenvalue weighted by atomic mass is 16.7. The van der Waals surface area contributed by atoms with Gasteiger partial charge in [0.05, 0.1) is 13.2 Å². The van der Waals surface area contributed by atoms with Crippen molar-refractivity contribution in [1.82, 2.24) is 0 Å². The SMILES string of the molecule is O=c1cc(-c2ccc(O)c(O)c2)oc2cc(O[C@@H]3O[C@H](CO[C@H]4O[C@H](CO)[C@@H](O)[C@H](O)[C@H]4O)[C@@H](O)[C@H](O)[C@H]3O)c(O)c(O)c12. The summed E-state index contributed by atoms with van der Waals surface area (Å²) in [6.45, 7) is -1.38. The number of phenols is 4. The molecule has 0 spiro atoms. The summed E-state index contributed by atoms with van der Waals surface area (Å²) < 4.78 is 27.3. The van der Waals surface area contributed by atoms with E-state index in [4.69, 9.17) is 23.4 Å². The Labute approximate surface area is 246 Å². The zero-order valence-electron chi connectivity index (χ0n) is 22.4. The van der Waals surface area contributed by atoms with Gasteiger partial charge in [0.25, 0.3) is 0 Å². The first-order valence-electron chi connectivity index (χ1n) is 13.2. The van der Waals surface area contributed by atoms with Gasteiger partial charge in [-0.15, -0.1) is 0 Å². The Balaban J connectivity index is 1.39. The number of rotatable bonds is 7. The lowest BCUT2D eigenvalue weighted by atomic mass is 9.98. The van der Waals surface area contributed by atoms with Crippen LogP contribution in [0.3, 0.4) is 0 Å². The number of fused-ring (bicyclic) bond motifs is 1. The molecule has 0 radical (unpaired) electrons. The highest BCUT2D eigenvalue weighted by Gasteiger charge is 2.48. The van der Waals surface area contributed by atoms with Crippen LogP contribution in [-0.4, -0.2) is 131 Å². The van der Waals surface area contributed by atoms with Crippen molar-refractivity contribution < 1.29 is 79.5 Å². The highest BCUT2D eigenvalue weighted by Crippen LogP contribution is 2.43. The van der Waals surface area contributed by atoms with E-state index in [-0.39, 0.29) is 16.9 Å². The largest absolute Gasteiger partial charge is 0.504 e. The maximum atomic E-state index is 12.8. The molecule has 10 atom stereocenters. The lowest BCUT2D eigenvalue weighted by Crippen LogP contribution is -2.62. The van der Waals surface area contributed by atoms with Gasteiger partial charge in [0, 0.05) is 17.7 Å². The molecule has 0 bridgehead atoms. The minimum absolute atomic E-state index is 0.105. The first kappa shape index (κ1) is 31.7. The maximum Gasteiger partial charge on any atom is 0.229 e. The standard InChI is InChI=1S/C27H30O17/c28-6-15-19(33)22(36)24(38)26(43-15)40-7-16-20(34)23(37)25(39)27(44-16)42-14-5-13-17(21(35)18(14)32)11(31)4-12(41-13)8-1-2-9(29)10(30)3-8/h1-5,15-16,19-20,22-30,32-39H,6-7H2/t15-,16-,19-,20-,22+,23+,24-,25-,26+,27-/m1/s1. The zero-order valence-corrected chi connectivity index (χ0v) is 22.4. The van der Waals surface area contributed by atoms with Gasteiger partial charge in [0.2, 0.25) is 12.0 Å². The molecule has 2 aliphatic heterocycles. The number of hydrogen-bond acceptors (Lipinski definition) is 17. The van der Waals surface area contributed by atoms with Gasteiger partial charge in [0.15, 0.2) is 34.7 Å². The minimum atomic E-state index is -1.94.